The van der Waals surface area contributed by atoms with Crippen molar-refractivity contribution >= 4 is 16.9 Å². The van der Waals surface area contributed by atoms with Crippen LogP contribution in [-0.2, 0) is 16.0 Å². The number of hydrogen-bond donors (Lipinski definition) is 2. The molecule has 2 aromatic carbocycles. The molecule has 0 aliphatic carbocycles. The Bertz CT molecular complexity index is 1060. The van der Waals surface area contributed by atoms with Crippen LogP contribution in [0.5, 0.6) is 11.5 Å². The number of carbonyl (C=O) groups is 1. The van der Waals surface area contributed by atoms with Gasteiger partial charge in [0.2, 0.25) is 6.79 Å². The summed E-state index contributed by atoms with van der Waals surface area (Å²) in [5.74, 6) is 0.720. The summed E-state index contributed by atoms with van der Waals surface area (Å²) < 4.78 is 29.5. The lowest BCUT2D eigenvalue weighted by atomic mass is 9.90. The summed E-state index contributed by atoms with van der Waals surface area (Å²) in [6.07, 6.45) is 0.467. The maximum atomic E-state index is 13.7. The average molecular weight is 368 g/mol. The van der Waals surface area contributed by atoms with Crippen molar-refractivity contribution in [3.05, 3.63) is 59.0 Å². The van der Waals surface area contributed by atoms with Crippen molar-refractivity contribution in [2.75, 3.05) is 13.9 Å². The van der Waals surface area contributed by atoms with Gasteiger partial charge in [0, 0.05) is 23.0 Å². The molecule has 0 saturated heterocycles. The second kappa shape index (κ2) is 5.99. The number of carbonyl (C=O) groups excluding carboxylic acids is 1. The molecule has 0 saturated carbocycles. The number of H-pyrrole nitrogens is 1. The van der Waals surface area contributed by atoms with E-state index in [0.29, 0.717) is 23.4 Å². The fourth-order valence-electron chi connectivity index (χ4n) is 3.91. The van der Waals surface area contributed by atoms with Crippen molar-refractivity contribution < 1.29 is 23.4 Å². The molecule has 0 bridgehead atoms. The highest BCUT2D eigenvalue weighted by atomic mass is 19.1. The highest BCUT2D eigenvalue weighted by Crippen LogP contribution is 2.39. The lowest BCUT2D eigenvalue weighted by Gasteiger charge is -2.30. The van der Waals surface area contributed by atoms with Crippen molar-refractivity contribution in [2.24, 2.45) is 0 Å². The molecule has 0 amide bonds. The number of rotatable bonds is 2. The maximum Gasteiger partial charge on any atom is 0.323 e. The van der Waals surface area contributed by atoms with Gasteiger partial charge in [0.1, 0.15) is 11.9 Å². The number of nitrogens with one attached hydrogen (secondary N) is 2. The van der Waals surface area contributed by atoms with Crippen molar-refractivity contribution in [3.8, 4) is 11.5 Å². The summed E-state index contributed by atoms with van der Waals surface area (Å²) in [6.45, 7) is 0.193. The molecule has 7 heteroatoms. The fraction of sp³-hybridized carbons (Fsp3) is 0.250. The molecule has 6 nitrogen and oxygen atoms in total. The lowest BCUT2D eigenvalue weighted by molar-refractivity contribution is -0.143. The number of hydrogen-bond acceptors (Lipinski definition) is 5. The number of methoxy groups -OCH3 is 1. The van der Waals surface area contributed by atoms with Gasteiger partial charge in [-0.3, -0.25) is 10.1 Å². The highest BCUT2D eigenvalue weighted by Gasteiger charge is 2.35. The van der Waals surface area contributed by atoms with E-state index >= 15 is 0 Å². The van der Waals surface area contributed by atoms with Crippen molar-refractivity contribution in [1.29, 1.82) is 0 Å². The van der Waals surface area contributed by atoms with Crippen molar-refractivity contribution in [3.63, 3.8) is 0 Å². The van der Waals surface area contributed by atoms with Crippen LogP contribution in [0.4, 0.5) is 4.39 Å². The molecule has 5 rings (SSSR count). The molecule has 0 unspecified atom stereocenters. The second-order valence-corrected chi connectivity index (χ2v) is 6.70. The van der Waals surface area contributed by atoms with Crippen LogP contribution in [0.25, 0.3) is 10.9 Å². The Labute approximate surface area is 154 Å². The van der Waals surface area contributed by atoms with Gasteiger partial charge >= 0.3 is 5.97 Å². The summed E-state index contributed by atoms with van der Waals surface area (Å²) in [5, 5.41) is 4.26. The number of fused-ring (bicyclic) bond motifs is 4. The van der Waals surface area contributed by atoms with E-state index in [1.165, 1.54) is 19.2 Å². The third-order valence-corrected chi connectivity index (χ3v) is 5.18. The molecule has 0 radical (unpaired) electrons. The molecule has 27 heavy (non-hydrogen) atoms. The smallest absolute Gasteiger partial charge is 0.323 e. The second-order valence-electron chi connectivity index (χ2n) is 6.70. The topological polar surface area (TPSA) is 72.6 Å². The predicted octanol–water partition coefficient (Wildman–Crippen LogP) is 2.81. The van der Waals surface area contributed by atoms with E-state index in [4.69, 9.17) is 14.2 Å². The molecule has 3 aromatic rings. The van der Waals surface area contributed by atoms with E-state index in [1.54, 1.807) is 6.07 Å². The van der Waals surface area contributed by atoms with Crippen LogP contribution in [0.15, 0.2) is 36.4 Å². The minimum Gasteiger partial charge on any atom is -0.468 e. The highest BCUT2D eigenvalue weighted by molar-refractivity contribution is 5.87. The van der Waals surface area contributed by atoms with E-state index in [-0.39, 0.29) is 24.6 Å². The van der Waals surface area contributed by atoms with Crippen molar-refractivity contribution in [1.82, 2.24) is 10.3 Å². The first-order valence-electron chi connectivity index (χ1n) is 8.67. The van der Waals surface area contributed by atoms with Crippen LogP contribution in [0.2, 0.25) is 0 Å². The van der Waals surface area contributed by atoms with Gasteiger partial charge in [0.15, 0.2) is 11.5 Å². The van der Waals surface area contributed by atoms with Crippen LogP contribution in [-0.4, -0.2) is 30.9 Å². The molecule has 2 aliphatic rings. The zero-order valence-corrected chi connectivity index (χ0v) is 14.5. The minimum atomic E-state index is -0.498. The van der Waals surface area contributed by atoms with Gasteiger partial charge in [-0.2, -0.15) is 0 Å². The van der Waals surface area contributed by atoms with E-state index in [1.807, 2.05) is 18.2 Å². The Morgan fingerprint density at radius 3 is 2.89 bits per heavy atom. The lowest BCUT2D eigenvalue weighted by Crippen LogP contribution is -2.45. The zero-order valence-electron chi connectivity index (χ0n) is 14.5. The summed E-state index contributed by atoms with van der Waals surface area (Å²) in [6, 6.07) is 9.54. The number of ether oxygens (including phenoxy) is 3. The minimum absolute atomic E-state index is 0.193. The van der Waals surface area contributed by atoms with Gasteiger partial charge in [0.05, 0.1) is 13.2 Å². The molecule has 2 aliphatic heterocycles. The molecule has 2 atom stereocenters. The third kappa shape index (κ3) is 2.54. The number of aromatic nitrogens is 1. The number of esters is 1. The monoisotopic (exact) mass is 368 g/mol. The summed E-state index contributed by atoms with van der Waals surface area (Å²) in [7, 11) is 1.37. The van der Waals surface area contributed by atoms with Crippen LogP contribution in [0, 0.1) is 5.82 Å². The van der Waals surface area contributed by atoms with E-state index in [0.717, 1.165) is 22.2 Å². The SMILES string of the molecule is COC(=O)[C@H]1Cc2c([nH]c3cc(F)ccc23)[C@@H](c2ccc3c(c2)OCO3)N1. The summed E-state index contributed by atoms with van der Waals surface area (Å²) in [5.41, 5.74) is 3.52. The zero-order chi connectivity index (χ0) is 18.5. The number of aromatic amines is 1. The van der Waals surface area contributed by atoms with Crippen molar-refractivity contribution in [2.45, 2.75) is 18.5 Å². The van der Waals surface area contributed by atoms with Gasteiger partial charge < -0.3 is 19.2 Å². The Hall–Kier alpha value is -3.06. The maximum absolute atomic E-state index is 13.7. The van der Waals surface area contributed by atoms with E-state index < -0.39 is 6.04 Å². The average Bonchev–Trinajstić information content (AvgIpc) is 3.29. The summed E-state index contributed by atoms with van der Waals surface area (Å²) >= 11 is 0. The quantitative estimate of drug-likeness (QED) is 0.681. The molecule has 2 N–H and O–H groups in total. The third-order valence-electron chi connectivity index (χ3n) is 5.18. The van der Waals surface area contributed by atoms with Gasteiger partial charge in [0.25, 0.3) is 0 Å². The number of halogens is 1. The summed E-state index contributed by atoms with van der Waals surface area (Å²) in [4.78, 5) is 15.6. The molecule has 0 spiro atoms. The van der Waals surface area contributed by atoms with E-state index in [2.05, 4.69) is 10.3 Å². The first kappa shape index (κ1) is 16.1. The first-order chi connectivity index (χ1) is 13.1. The first-order valence-corrected chi connectivity index (χ1v) is 8.67. The van der Waals surface area contributed by atoms with Crippen LogP contribution in [0.1, 0.15) is 22.9 Å². The van der Waals surface area contributed by atoms with Crippen LogP contribution >= 0.6 is 0 Å². The van der Waals surface area contributed by atoms with Gasteiger partial charge in [-0.15, -0.1) is 0 Å². The predicted molar refractivity (Wildman–Crippen MR) is 95.3 cm³/mol. The van der Waals surface area contributed by atoms with Gasteiger partial charge in [-0.1, -0.05) is 6.07 Å². The Morgan fingerprint density at radius 1 is 1.19 bits per heavy atom. The molecule has 1 aromatic heterocycles. The normalized spacial score (nSPS) is 20.5. The van der Waals surface area contributed by atoms with Crippen LogP contribution < -0.4 is 14.8 Å². The standard InChI is InChI=1S/C20H17FN2O4/c1-25-20(24)15-8-13-12-4-3-11(21)7-14(12)22-19(13)18(23-15)10-2-5-16-17(6-10)27-9-26-16/h2-7,15,18,22-23H,8-9H2,1H3/t15-,18-/m1/s1. The van der Waals surface area contributed by atoms with Crippen LogP contribution in [0.3, 0.4) is 0 Å². The fourth-order valence-corrected chi connectivity index (χ4v) is 3.91. The molecule has 0 fully saturated rings. The molecular weight excluding hydrogens is 351 g/mol. The molecular formula is C20H17FN2O4. The molecule has 138 valence electrons. The Kier molecular flexibility index (Phi) is 3.58. The Balaban J connectivity index is 1.66. The Morgan fingerprint density at radius 2 is 2.04 bits per heavy atom. The van der Waals surface area contributed by atoms with E-state index in [9.17, 15) is 9.18 Å². The van der Waals surface area contributed by atoms with Gasteiger partial charge in [-0.05, 0) is 41.5 Å². The largest absolute Gasteiger partial charge is 0.468 e. The molecule has 3 heterocycles. The number of benzene rings is 2. The van der Waals surface area contributed by atoms with Gasteiger partial charge in [-0.25, -0.2) is 4.39 Å².